The molecule has 75 heavy (non-hydrogen) atoms. The van der Waals surface area contributed by atoms with Gasteiger partial charge in [0.25, 0.3) is 0 Å². The van der Waals surface area contributed by atoms with E-state index in [-0.39, 0.29) is 62.0 Å². The number of sulfone groups is 1. The molecular weight excluding hydrogens is 996 g/mol. The van der Waals surface area contributed by atoms with Crippen LogP contribution in [0.3, 0.4) is 0 Å². The van der Waals surface area contributed by atoms with Gasteiger partial charge in [-0.3, -0.25) is 9.59 Å². The van der Waals surface area contributed by atoms with Gasteiger partial charge in [-0.05, 0) is 118 Å². The third kappa shape index (κ3) is 16.0. The van der Waals surface area contributed by atoms with Crippen LogP contribution in [0.4, 0.5) is 10.1 Å². The van der Waals surface area contributed by atoms with Gasteiger partial charge in [0.2, 0.25) is 5.91 Å². The number of halogens is 1. The van der Waals surface area contributed by atoms with Gasteiger partial charge in [0, 0.05) is 69.8 Å². The van der Waals surface area contributed by atoms with Crippen molar-refractivity contribution in [2.75, 3.05) is 70.5 Å². The van der Waals surface area contributed by atoms with Crippen LogP contribution in [0.5, 0.6) is 0 Å². The van der Waals surface area contributed by atoms with Crippen molar-refractivity contribution in [3.63, 3.8) is 0 Å². The van der Waals surface area contributed by atoms with Crippen LogP contribution in [0.15, 0.2) is 24.3 Å². The molecule has 0 bridgehead atoms. The Bertz CT molecular complexity index is 2090. The smallest absolute Gasteiger partial charge is 0.311 e. The van der Waals surface area contributed by atoms with E-state index in [1.807, 2.05) is 59.9 Å². The van der Waals surface area contributed by atoms with E-state index in [0.29, 0.717) is 32.5 Å². The summed E-state index contributed by atoms with van der Waals surface area (Å²) in [6, 6.07) is 5.53. The van der Waals surface area contributed by atoms with Gasteiger partial charge >= 0.3 is 5.97 Å². The minimum atomic E-state index is -3.06. The normalized spacial score (nSPS) is 40.5. The molecule has 1 amide bonds. The number of hydrogen-bond acceptors (Lipinski definition) is 18. The van der Waals surface area contributed by atoms with Crippen molar-refractivity contribution >= 4 is 27.4 Å². The number of likely N-dealkylation sites (N-methyl/N-ethyl adjacent to an activating group) is 2. The molecule has 0 saturated carbocycles. The second kappa shape index (κ2) is 26.5. The average Bonchev–Trinajstić information content (AvgIpc) is 3.53. The summed E-state index contributed by atoms with van der Waals surface area (Å²) in [4.78, 5) is 33.6. The molecular formula is C54H93FN4O15S. The molecule has 0 aromatic heterocycles. The number of nitrogens with one attached hydrogen (secondary N) is 1. The van der Waals surface area contributed by atoms with E-state index >= 15 is 0 Å². The first-order valence-electron chi connectivity index (χ1n) is 27.1. The Labute approximate surface area is 446 Å². The number of benzene rings is 1. The fraction of sp³-hybridized carbons (Fsp3) is 0.852. The second-order valence-electron chi connectivity index (χ2n) is 23.2. The highest BCUT2D eigenvalue weighted by Crippen LogP contribution is 2.40. The minimum Gasteiger partial charge on any atom is -0.459 e. The Morgan fingerprint density at radius 1 is 0.973 bits per heavy atom. The van der Waals surface area contributed by atoms with E-state index in [1.165, 1.54) is 14.0 Å². The fourth-order valence-electron chi connectivity index (χ4n) is 11.9. The van der Waals surface area contributed by atoms with Crippen molar-refractivity contribution in [3.05, 3.63) is 29.8 Å². The quantitative estimate of drug-likeness (QED) is 0.138. The van der Waals surface area contributed by atoms with E-state index in [9.17, 15) is 47.9 Å². The summed E-state index contributed by atoms with van der Waals surface area (Å²) in [5, 5.41) is 62.5. The number of aliphatic hydroxyl groups is 5. The summed E-state index contributed by atoms with van der Waals surface area (Å²) >= 11 is 0. The number of carbonyl (C=O) groups is 2. The van der Waals surface area contributed by atoms with Crippen molar-refractivity contribution < 1.29 is 76.4 Å². The van der Waals surface area contributed by atoms with Crippen molar-refractivity contribution in [1.29, 1.82) is 0 Å². The lowest BCUT2D eigenvalue weighted by atomic mass is 9.77. The van der Waals surface area contributed by atoms with Crippen LogP contribution in [-0.2, 0) is 54.3 Å². The number of methoxy groups -OCH3 is 1. The Kier molecular flexibility index (Phi) is 22.4. The lowest BCUT2D eigenvalue weighted by Gasteiger charge is -2.49. The Morgan fingerprint density at radius 3 is 2.27 bits per heavy atom. The van der Waals surface area contributed by atoms with Gasteiger partial charge in [-0.15, -0.1) is 0 Å². The molecule has 4 aliphatic heterocycles. The Balaban J connectivity index is 1.37. The number of anilines is 1. The summed E-state index contributed by atoms with van der Waals surface area (Å²) in [6.45, 7) is 18.0. The van der Waals surface area contributed by atoms with E-state index in [4.69, 9.17) is 28.4 Å². The summed E-state index contributed by atoms with van der Waals surface area (Å²) in [6.07, 6.45) is -9.16. The van der Waals surface area contributed by atoms with Crippen molar-refractivity contribution in [2.24, 2.45) is 17.8 Å². The largest absolute Gasteiger partial charge is 0.459 e. The van der Waals surface area contributed by atoms with Crippen LogP contribution < -0.4 is 10.2 Å². The Hall–Kier alpha value is -2.64. The van der Waals surface area contributed by atoms with E-state index in [0.717, 1.165) is 11.3 Å². The molecule has 6 N–H and O–H groups in total. The van der Waals surface area contributed by atoms with Crippen LogP contribution in [0.1, 0.15) is 113 Å². The van der Waals surface area contributed by atoms with Crippen LogP contribution in [-0.4, -0.2) is 218 Å². The zero-order chi connectivity index (χ0) is 56.0. The Morgan fingerprint density at radius 2 is 1.64 bits per heavy atom. The van der Waals surface area contributed by atoms with Crippen molar-refractivity contribution in [3.8, 4) is 0 Å². The number of ether oxygens (including phenoxy) is 6. The van der Waals surface area contributed by atoms with Gasteiger partial charge in [-0.2, -0.15) is 0 Å². The second-order valence-corrected chi connectivity index (χ2v) is 25.5. The molecule has 19 atom stereocenters. The maximum absolute atomic E-state index is 14.5. The first-order chi connectivity index (χ1) is 35.0. The number of aliphatic hydroxyl groups excluding tert-OH is 3. The molecule has 5 rings (SSSR count). The van der Waals surface area contributed by atoms with Gasteiger partial charge in [0.15, 0.2) is 22.4 Å². The number of amides is 1. The van der Waals surface area contributed by atoms with Crippen molar-refractivity contribution in [1.82, 2.24) is 15.1 Å². The number of cyclic esters (lactones) is 1. The van der Waals surface area contributed by atoms with Crippen molar-refractivity contribution in [2.45, 2.75) is 211 Å². The van der Waals surface area contributed by atoms with Crippen LogP contribution in [0.25, 0.3) is 0 Å². The van der Waals surface area contributed by atoms with Gasteiger partial charge in [0.1, 0.15) is 36.7 Å². The molecule has 4 aliphatic rings. The molecule has 1 aromatic carbocycles. The van der Waals surface area contributed by atoms with Gasteiger partial charge in [-0.1, -0.05) is 32.9 Å². The van der Waals surface area contributed by atoms with Gasteiger partial charge in [0.05, 0.1) is 59.1 Å². The predicted octanol–water partition coefficient (Wildman–Crippen LogP) is 2.98. The number of nitrogens with zero attached hydrogens (tertiary/aromatic N) is 3. The van der Waals surface area contributed by atoms with Gasteiger partial charge in [-0.25, -0.2) is 12.8 Å². The number of alkyl halides is 1. The topological polar surface area (TPSA) is 247 Å². The standard InChI is InChI=1S/C54H93FN4O15S/c1-14-42-54(10,66)47(62)36(6)58(12)31-32(2)28-52(8,65)49(34(4)46(35(5)50(64)72-42)73-44-29-53(9,69-13)48(63)37(7)71-44)74-51-45(61)41(26-33(3)70-51)57(11)22-20-43(60)56-39(30-55)27-38-16-18-40(19-17-38)59-21-15-24-75(67,68)25-23-59/h16-19,32-37,39,41-42,44-49,51,61-63,65-66H,14-15,20-31H2,1-13H3,(H,56,60)/t32-,33-,34+,35-,36-,37+,39+,41+,42-,44+,45-,46+,47-,48+,49-,51+,52?,53?,54?/m1/s1. The number of esters is 1. The molecule has 4 heterocycles. The highest BCUT2D eigenvalue weighted by molar-refractivity contribution is 7.91. The number of rotatable bonds is 15. The summed E-state index contributed by atoms with van der Waals surface area (Å²) < 4.78 is 76.7. The minimum absolute atomic E-state index is 0.00748. The third-order valence-corrected chi connectivity index (χ3v) is 18.4. The van der Waals surface area contributed by atoms with Crippen LogP contribution >= 0.6 is 0 Å². The molecule has 4 saturated heterocycles. The lowest BCUT2D eigenvalue weighted by Crippen LogP contribution is -2.61. The van der Waals surface area contributed by atoms with E-state index < -0.39 is 131 Å². The fourth-order valence-corrected chi connectivity index (χ4v) is 13.1. The summed E-state index contributed by atoms with van der Waals surface area (Å²) in [7, 11) is 2.00. The predicted molar refractivity (Wildman–Crippen MR) is 281 cm³/mol. The third-order valence-electron chi connectivity index (χ3n) is 16.7. The molecule has 4 fully saturated rings. The SMILES string of the molecule is CC[C@H]1OC(=O)[C@H](C)[C@@H](O[C@H]2CC(C)(OC)[C@@H](O)[C@H](C)O2)[C@H](C)[C@@H](O[C@@H]2O[C@H](C)C[C@H](N(C)CCC(=O)N[C@H](CF)Cc3ccc(N4CCCS(=O)(=O)CC4)cc3)[C@H]2O)C(C)(O)C[C@@H](C)CN(C)[C@H](C)[C@@H](O)C1(C)O. The average molecular weight is 1090 g/mol. The maximum atomic E-state index is 14.5. The number of carbonyl (C=O) groups excluding carboxylic acids is 2. The highest BCUT2D eigenvalue weighted by atomic mass is 32.2. The van der Waals surface area contributed by atoms with E-state index in [1.54, 1.807) is 55.5 Å². The molecule has 21 heteroatoms. The lowest BCUT2D eigenvalue weighted by molar-refractivity contribution is -0.318. The summed E-state index contributed by atoms with van der Waals surface area (Å²) in [5.74, 6) is -3.09. The number of hydrogen-bond donors (Lipinski definition) is 6. The summed E-state index contributed by atoms with van der Waals surface area (Å²) in [5.41, 5.74) is -2.96. The first kappa shape index (κ1) is 63.2. The highest BCUT2D eigenvalue weighted by Gasteiger charge is 2.53. The zero-order valence-electron chi connectivity index (χ0n) is 46.9. The van der Waals surface area contributed by atoms with Crippen LogP contribution in [0.2, 0.25) is 0 Å². The molecule has 0 radical (unpaired) electrons. The molecule has 0 spiro atoms. The molecule has 19 nitrogen and oxygen atoms in total. The molecule has 432 valence electrons. The molecule has 1 aromatic rings. The molecule has 3 unspecified atom stereocenters. The van der Waals surface area contributed by atoms with Gasteiger partial charge < -0.3 is 74.0 Å². The monoisotopic (exact) mass is 1090 g/mol. The maximum Gasteiger partial charge on any atom is 0.311 e. The van der Waals surface area contributed by atoms with E-state index in [2.05, 4.69) is 5.32 Å². The zero-order valence-corrected chi connectivity index (χ0v) is 47.7. The first-order valence-corrected chi connectivity index (χ1v) is 29.0. The molecule has 0 aliphatic carbocycles. The van der Waals surface area contributed by atoms with Crippen LogP contribution in [0, 0.1) is 17.8 Å².